The monoisotopic (exact) mass is 408 g/mol. The number of aldehydes is 2. The van der Waals surface area contributed by atoms with E-state index in [0.717, 1.165) is 25.4 Å². The van der Waals surface area contributed by atoms with E-state index in [1.807, 2.05) is 13.8 Å². The van der Waals surface area contributed by atoms with Crippen LogP contribution in [0, 0.1) is 11.8 Å². The van der Waals surface area contributed by atoms with Gasteiger partial charge in [-0.2, -0.15) is 0 Å². The highest BCUT2D eigenvalue weighted by molar-refractivity contribution is 5.54. The molecule has 0 amide bonds. The molecule has 0 saturated carbocycles. The van der Waals surface area contributed by atoms with Crippen molar-refractivity contribution in [3.05, 3.63) is 70.8 Å². The fourth-order valence-corrected chi connectivity index (χ4v) is 3.12. The Hall–Kier alpha value is -2.22. The first-order valence-electron chi connectivity index (χ1n) is 11.0. The van der Waals surface area contributed by atoms with Crippen LogP contribution in [0.2, 0.25) is 0 Å². The van der Waals surface area contributed by atoms with Crippen molar-refractivity contribution >= 4 is 12.6 Å². The minimum atomic E-state index is 0.116. The van der Waals surface area contributed by atoms with Crippen LogP contribution in [0.1, 0.15) is 77.6 Å². The van der Waals surface area contributed by atoms with E-state index in [1.54, 1.807) is 0 Å². The van der Waals surface area contributed by atoms with Crippen molar-refractivity contribution in [2.75, 3.05) is 0 Å². The van der Waals surface area contributed by atoms with E-state index in [-0.39, 0.29) is 22.7 Å². The Balaban J connectivity index is 0.000000300. The summed E-state index contributed by atoms with van der Waals surface area (Å²) in [5, 5.41) is 0. The minimum absolute atomic E-state index is 0.116. The van der Waals surface area contributed by atoms with Gasteiger partial charge in [-0.05, 0) is 45.9 Å². The molecule has 2 aromatic carbocycles. The Kier molecular flexibility index (Phi) is 9.68. The second kappa shape index (κ2) is 11.2. The standard InChI is InChI=1S/2C14H20O/c2*1-11(10-15)9-12-5-7-13(8-6-12)14(2,3)4/h2*5-8,10-11H,9H2,1-4H3. The van der Waals surface area contributed by atoms with Crippen LogP contribution < -0.4 is 0 Å². The number of benzene rings is 2. The van der Waals surface area contributed by atoms with Crippen molar-refractivity contribution < 1.29 is 9.59 Å². The molecule has 0 fully saturated rings. The second-order valence-corrected chi connectivity index (χ2v) is 10.5. The third kappa shape index (κ3) is 9.07. The minimum Gasteiger partial charge on any atom is -0.303 e. The van der Waals surface area contributed by atoms with E-state index in [4.69, 9.17) is 0 Å². The van der Waals surface area contributed by atoms with E-state index in [2.05, 4.69) is 90.1 Å². The van der Waals surface area contributed by atoms with Gasteiger partial charge < -0.3 is 9.59 Å². The van der Waals surface area contributed by atoms with Crippen LogP contribution >= 0.6 is 0 Å². The third-order valence-electron chi connectivity index (χ3n) is 5.22. The molecule has 0 N–H and O–H groups in total. The highest BCUT2D eigenvalue weighted by Crippen LogP contribution is 2.23. The summed E-state index contributed by atoms with van der Waals surface area (Å²) in [6.07, 6.45) is 3.71. The first kappa shape index (κ1) is 25.8. The van der Waals surface area contributed by atoms with E-state index < -0.39 is 0 Å². The summed E-state index contributed by atoms with van der Waals surface area (Å²) in [4.78, 5) is 21.1. The molecule has 0 aliphatic carbocycles. The van der Waals surface area contributed by atoms with E-state index in [0.29, 0.717) is 0 Å². The topological polar surface area (TPSA) is 34.1 Å². The van der Waals surface area contributed by atoms with E-state index >= 15 is 0 Å². The van der Waals surface area contributed by atoms with Gasteiger partial charge in [-0.25, -0.2) is 0 Å². The molecule has 30 heavy (non-hydrogen) atoms. The van der Waals surface area contributed by atoms with Crippen LogP contribution in [0.3, 0.4) is 0 Å². The lowest BCUT2D eigenvalue weighted by Gasteiger charge is -2.19. The van der Waals surface area contributed by atoms with Gasteiger partial charge in [0.05, 0.1) is 0 Å². The van der Waals surface area contributed by atoms with Gasteiger partial charge in [-0.3, -0.25) is 0 Å². The molecule has 2 atom stereocenters. The quantitative estimate of drug-likeness (QED) is 0.497. The molecule has 164 valence electrons. The first-order valence-corrected chi connectivity index (χ1v) is 11.0. The van der Waals surface area contributed by atoms with Gasteiger partial charge in [0.1, 0.15) is 12.6 Å². The summed E-state index contributed by atoms with van der Waals surface area (Å²) in [6, 6.07) is 17.1. The molecule has 2 nitrogen and oxygen atoms in total. The maximum absolute atomic E-state index is 10.5. The van der Waals surface area contributed by atoms with Crippen LogP contribution in [0.4, 0.5) is 0 Å². The van der Waals surface area contributed by atoms with Crippen molar-refractivity contribution in [2.45, 2.75) is 79.1 Å². The average Bonchev–Trinajstić information content (AvgIpc) is 2.67. The zero-order valence-corrected chi connectivity index (χ0v) is 20.2. The highest BCUT2D eigenvalue weighted by Gasteiger charge is 2.14. The Bertz CT molecular complexity index is 702. The van der Waals surface area contributed by atoms with Gasteiger partial charge >= 0.3 is 0 Å². The molecular weight excluding hydrogens is 368 g/mol. The zero-order valence-electron chi connectivity index (χ0n) is 20.2. The molecule has 0 bridgehead atoms. The molecule has 0 aromatic heterocycles. The smallest absolute Gasteiger partial charge is 0.123 e. The molecule has 2 aromatic rings. The summed E-state index contributed by atoms with van der Waals surface area (Å²) in [5.74, 6) is 0.232. The van der Waals surface area contributed by atoms with Gasteiger partial charge in [0.25, 0.3) is 0 Å². The molecule has 0 spiro atoms. The predicted molar refractivity (Wildman–Crippen MR) is 128 cm³/mol. The lowest BCUT2D eigenvalue weighted by Crippen LogP contribution is -2.11. The molecule has 2 heteroatoms. The maximum atomic E-state index is 10.5. The van der Waals surface area contributed by atoms with Crippen molar-refractivity contribution in [3.63, 3.8) is 0 Å². The SMILES string of the molecule is CC(C=O)Cc1ccc(C(C)(C)C)cc1.CC(C=O)Cc1ccc(C(C)(C)C)cc1. The Morgan fingerprint density at radius 2 is 0.867 bits per heavy atom. The van der Waals surface area contributed by atoms with Gasteiger partial charge in [0.2, 0.25) is 0 Å². The summed E-state index contributed by atoms with van der Waals surface area (Å²) in [7, 11) is 0. The van der Waals surface area contributed by atoms with Crippen LogP contribution in [0.15, 0.2) is 48.5 Å². The average molecular weight is 409 g/mol. The van der Waals surface area contributed by atoms with E-state index in [1.165, 1.54) is 22.3 Å². The van der Waals surface area contributed by atoms with Gasteiger partial charge in [-0.1, -0.05) is 104 Å². The summed E-state index contributed by atoms with van der Waals surface area (Å²) < 4.78 is 0. The number of carbonyl (C=O) groups excluding carboxylic acids is 2. The summed E-state index contributed by atoms with van der Waals surface area (Å²) >= 11 is 0. The lowest BCUT2D eigenvalue weighted by atomic mass is 9.86. The number of hydrogen-bond acceptors (Lipinski definition) is 2. The van der Waals surface area contributed by atoms with Crippen molar-refractivity contribution in [2.24, 2.45) is 11.8 Å². The normalized spacial score (nSPS) is 13.6. The predicted octanol–water partition coefficient (Wildman–Crippen LogP) is 6.72. The van der Waals surface area contributed by atoms with Gasteiger partial charge in [-0.15, -0.1) is 0 Å². The van der Waals surface area contributed by atoms with Crippen LogP contribution in [0.5, 0.6) is 0 Å². The zero-order chi connectivity index (χ0) is 22.9. The molecule has 0 aliphatic rings. The maximum Gasteiger partial charge on any atom is 0.123 e. The summed E-state index contributed by atoms with van der Waals surface area (Å²) in [5.41, 5.74) is 5.56. The molecule has 0 radical (unpaired) electrons. The van der Waals surface area contributed by atoms with Gasteiger partial charge in [0, 0.05) is 11.8 Å². The fourth-order valence-electron chi connectivity index (χ4n) is 3.12. The molecule has 0 heterocycles. The first-order chi connectivity index (χ1) is 13.9. The lowest BCUT2D eigenvalue weighted by molar-refractivity contribution is -0.111. The molecule has 0 saturated heterocycles. The van der Waals surface area contributed by atoms with Gasteiger partial charge in [0.15, 0.2) is 0 Å². The van der Waals surface area contributed by atoms with E-state index in [9.17, 15) is 9.59 Å². The Morgan fingerprint density at radius 3 is 1.07 bits per heavy atom. The molecule has 2 unspecified atom stereocenters. The largest absolute Gasteiger partial charge is 0.303 e. The molecular formula is C28H40O2. The van der Waals surface area contributed by atoms with Crippen LogP contribution in [0.25, 0.3) is 0 Å². The number of hydrogen-bond donors (Lipinski definition) is 0. The molecule has 2 rings (SSSR count). The fraction of sp³-hybridized carbons (Fsp3) is 0.500. The summed E-state index contributed by atoms with van der Waals surface area (Å²) in [6.45, 7) is 17.1. The van der Waals surface area contributed by atoms with Crippen molar-refractivity contribution in [1.82, 2.24) is 0 Å². The second-order valence-electron chi connectivity index (χ2n) is 10.5. The third-order valence-corrected chi connectivity index (χ3v) is 5.22. The van der Waals surface area contributed by atoms with Crippen molar-refractivity contribution in [3.8, 4) is 0 Å². The van der Waals surface area contributed by atoms with Crippen LogP contribution in [-0.4, -0.2) is 12.6 Å². The Labute approximate surface area is 184 Å². The number of carbonyl (C=O) groups is 2. The van der Waals surface area contributed by atoms with Crippen molar-refractivity contribution in [1.29, 1.82) is 0 Å². The van der Waals surface area contributed by atoms with Crippen LogP contribution in [-0.2, 0) is 33.3 Å². The highest BCUT2D eigenvalue weighted by atomic mass is 16.1. The molecule has 0 aliphatic heterocycles. The Morgan fingerprint density at radius 1 is 0.600 bits per heavy atom. The number of rotatable bonds is 6.